The Hall–Kier alpha value is 0.0900. The molecule has 0 aliphatic carbocycles. The number of rotatable bonds is 18. The molecule has 4 N–H and O–H groups in total. The van der Waals surface area contributed by atoms with E-state index in [1.807, 2.05) is 0 Å². The van der Waals surface area contributed by atoms with Gasteiger partial charge in [0.25, 0.3) is 7.82 Å². The number of nitrogens with two attached hydrogens (primary N) is 1. The van der Waals surface area contributed by atoms with Crippen LogP contribution in [0.1, 0.15) is 90.2 Å². The summed E-state index contributed by atoms with van der Waals surface area (Å²) in [6.07, 6.45) is 10.7. The number of phosphoric acid groups is 1. The summed E-state index contributed by atoms with van der Waals surface area (Å²) in [6.45, 7) is 1.78. The summed E-state index contributed by atoms with van der Waals surface area (Å²) >= 11 is 5.11. The summed E-state index contributed by atoms with van der Waals surface area (Å²) in [5, 5.41) is 20.6. The Bertz CT molecular complexity index is 850. The first kappa shape index (κ1) is 34.1. The van der Waals surface area contributed by atoms with Crippen LogP contribution in [0.5, 0.6) is 0 Å². The van der Waals surface area contributed by atoms with Crippen molar-refractivity contribution in [2.75, 3.05) is 18.9 Å². The summed E-state index contributed by atoms with van der Waals surface area (Å²) in [4.78, 5) is 16.0. The molecule has 0 bridgehead atoms. The normalized spacial score (nSPS) is 23.3. The van der Waals surface area contributed by atoms with Gasteiger partial charge in [-0.3, -0.25) is 9.13 Å². The maximum absolute atomic E-state index is 12.1. The standard InChI is InChI=1S/C23H42N3O7PS.Na/c1-2-3-4-5-6-7-8-9-10-11-12-13-16-31-34(29,30)32-17-18-20(27)21(28)22(33-18)26-15-14-19(24)25-23(26)35;/h14-15,18,20-22,27-28H,2-13,16-17H2,1H3,(H,29,30)(H2,24,25,35);/q;+1/p-1/t18-,20-,21+,22-;/m1./s1. The number of ether oxygens (including phenoxy) is 1. The molecule has 0 radical (unpaired) electrons. The van der Waals surface area contributed by atoms with Gasteiger partial charge in [0.1, 0.15) is 24.1 Å². The summed E-state index contributed by atoms with van der Waals surface area (Å²) in [7, 11) is -4.56. The summed E-state index contributed by atoms with van der Waals surface area (Å²) in [6, 6.07) is 1.47. The minimum Gasteiger partial charge on any atom is -0.756 e. The number of phosphoric ester groups is 1. The Morgan fingerprint density at radius 3 is 2.17 bits per heavy atom. The fraction of sp³-hybridized carbons (Fsp3) is 0.826. The molecule has 2 heterocycles. The van der Waals surface area contributed by atoms with E-state index < -0.39 is 39.0 Å². The maximum atomic E-state index is 12.1. The van der Waals surface area contributed by atoms with E-state index >= 15 is 0 Å². The van der Waals surface area contributed by atoms with E-state index in [2.05, 4.69) is 11.9 Å². The van der Waals surface area contributed by atoms with Gasteiger partial charge in [-0.1, -0.05) is 77.6 Å². The summed E-state index contributed by atoms with van der Waals surface area (Å²) in [5.41, 5.74) is 5.58. The smallest absolute Gasteiger partial charge is 0.756 e. The van der Waals surface area contributed by atoms with E-state index in [0.717, 1.165) is 19.3 Å². The van der Waals surface area contributed by atoms with Crippen LogP contribution in [0.25, 0.3) is 0 Å². The predicted molar refractivity (Wildman–Crippen MR) is 134 cm³/mol. The van der Waals surface area contributed by atoms with Crippen molar-refractivity contribution in [1.29, 1.82) is 0 Å². The van der Waals surface area contributed by atoms with Gasteiger partial charge in [0, 0.05) is 6.20 Å². The quantitative estimate of drug-likeness (QED) is 0.103. The molecule has 36 heavy (non-hydrogen) atoms. The first-order valence-corrected chi connectivity index (χ1v) is 14.6. The van der Waals surface area contributed by atoms with Crippen molar-refractivity contribution in [3.05, 3.63) is 17.0 Å². The number of nitrogens with zero attached hydrogens (tertiary/aromatic N) is 2. The molecule has 2 rings (SSSR count). The van der Waals surface area contributed by atoms with Crippen LogP contribution < -0.4 is 40.2 Å². The fourth-order valence-electron chi connectivity index (χ4n) is 4.04. The van der Waals surface area contributed by atoms with Crippen LogP contribution in [0.2, 0.25) is 0 Å². The monoisotopic (exact) mass is 557 g/mol. The van der Waals surface area contributed by atoms with Gasteiger partial charge in [-0.2, -0.15) is 0 Å². The van der Waals surface area contributed by atoms with Crippen LogP contribution in [-0.4, -0.2) is 51.3 Å². The number of nitrogen functional groups attached to an aromatic ring is 1. The van der Waals surface area contributed by atoms with Crippen molar-refractivity contribution < 1.29 is 63.0 Å². The second-order valence-corrected chi connectivity index (χ2v) is 10.8. The third kappa shape index (κ3) is 12.3. The molecule has 0 spiro atoms. The van der Waals surface area contributed by atoms with Crippen molar-refractivity contribution in [3.63, 3.8) is 0 Å². The van der Waals surface area contributed by atoms with Gasteiger partial charge in [0.2, 0.25) is 4.77 Å². The number of aliphatic hydroxyl groups excluding tert-OH is 2. The fourth-order valence-corrected chi connectivity index (χ4v) is 5.06. The number of aliphatic hydroxyl groups is 2. The second kappa shape index (κ2) is 18.4. The molecule has 1 unspecified atom stereocenters. The molecule has 1 aromatic heterocycles. The van der Waals surface area contributed by atoms with Gasteiger partial charge in [-0.15, -0.1) is 0 Å². The van der Waals surface area contributed by atoms with Crippen molar-refractivity contribution in [2.24, 2.45) is 0 Å². The van der Waals surface area contributed by atoms with Gasteiger partial charge in [-0.25, -0.2) is 4.98 Å². The number of anilines is 1. The van der Waals surface area contributed by atoms with E-state index in [-0.39, 0.29) is 46.8 Å². The average molecular weight is 558 g/mol. The molecule has 1 aliphatic heterocycles. The Labute approximate surface area is 241 Å². The number of hydrogen-bond donors (Lipinski definition) is 3. The molecule has 13 heteroatoms. The van der Waals surface area contributed by atoms with E-state index in [9.17, 15) is 19.7 Å². The second-order valence-electron chi connectivity index (χ2n) is 9.05. The van der Waals surface area contributed by atoms with Gasteiger partial charge < -0.3 is 34.6 Å². The molecule has 1 fully saturated rings. The Morgan fingerprint density at radius 1 is 1.06 bits per heavy atom. The van der Waals surface area contributed by atoms with E-state index in [1.165, 1.54) is 68.2 Å². The van der Waals surface area contributed by atoms with Crippen LogP contribution >= 0.6 is 20.0 Å². The van der Waals surface area contributed by atoms with Gasteiger partial charge in [0.05, 0.1) is 13.2 Å². The van der Waals surface area contributed by atoms with E-state index in [4.69, 9.17) is 31.7 Å². The van der Waals surface area contributed by atoms with Crippen LogP contribution in [0, 0.1) is 4.77 Å². The van der Waals surface area contributed by atoms with E-state index in [1.54, 1.807) is 0 Å². The molecule has 202 valence electrons. The van der Waals surface area contributed by atoms with Gasteiger partial charge >= 0.3 is 29.6 Å². The molecule has 5 atom stereocenters. The van der Waals surface area contributed by atoms with Crippen LogP contribution in [0.4, 0.5) is 5.82 Å². The van der Waals surface area contributed by atoms with Crippen molar-refractivity contribution >= 4 is 25.9 Å². The van der Waals surface area contributed by atoms with Crippen molar-refractivity contribution in [1.82, 2.24) is 9.55 Å². The first-order chi connectivity index (χ1) is 16.7. The van der Waals surface area contributed by atoms with Crippen molar-refractivity contribution in [2.45, 2.75) is 109 Å². The Balaban J connectivity index is 0.00000648. The number of hydrogen-bond acceptors (Lipinski definition) is 10. The van der Waals surface area contributed by atoms with Crippen LogP contribution in [0.15, 0.2) is 12.3 Å². The molecule has 0 aromatic carbocycles. The minimum atomic E-state index is -4.56. The molecule has 0 saturated carbocycles. The summed E-state index contributed by atoms with van der Waals surface area (Å²) in [5.74, 6) is 0.205. The predicted octanol–water partition coefficient (Wildman–Crippen LogP) is 1.02. The Morgan fingerprint density at radius 2 is 1.61 bits per heavy atom. The molecule has 1 aliphatic rings. The third-order valence-corrected chi connectivity index (χ3v) is 7.37. The van der Waals surface area contributed by atoms with Crippen molar-refractivity contribution in [3.8, 4) is 0 Å². The zero-order chi connectivity index (χ0) is 25.7. The Kier molecular flexibility index (Phi) is 17.4. The number of unbranched alkanes of at least 4 members (excludes halogenated alkanes) is 11. The van der Waals surface area contributed by atoms with Gasteiger partial charge in [-0.05, 0) is 24.7 Å². The average Bonchev–Trinajstić information content (AvgIpc) is 3.09. The van der Waals surface area contributed by atoms with E-state index in [0.29, 0.717) is 6.42 Å². The molecule has 1 saturated heterocycles. The maximum Gasteiger partial charge on any atom is 1.00 e. The molecular weight excluding hydrogens is 516 g/mol. The molecular formula is C23H41N3NaO7PS. The van der Waals surface area contributed by atoms with Crippen LogP contribution in [-0.2, 0) is 18.3 Å². The SMILES string of the molecule is CCCCCCCCCCCCCCOP(=O)([O-])OC[C@H]1O[C@@H](n2ccc(N)nc2=S)[C@@H](O)[C@@H]1O.[Na+]. The topological polar surface area (TPSA) is 152 Å². The largest absolute Gasteiger partial charge is 1.00 e. The number of aromatic nitrogens is 2. The zero-order valence-corrected chi connectivity index (χ0v) is 25.3. The zero-order valence-electron chi connectivity index (χ0n) is 21.6. The first-order valence-electron chi connectivity index (χ1n) is 12.7. The molecule has 1 aromatic rings. The summed E-state index contributed by atoms with van der Waals surface area (Å²) < 4.78 is 28.8. The van der Waals surface area contributed by atoms with Crippen LogP contribution in [0.3, 0.4) is 0 Å². The minimum absolute atomic E-state index is 0. The third-order valence-electron chi connectivity index (χ3n) is 6.11. The molecule has 10 nitrogen and oxygen atoms in total. The van der Waals surface area contributed by atoms with Gasteiger partial charge in [0.15, 0.2) is 6.23 Å². The molecule has 0 amide bonds.